The minimum Gasteiger partial charge on any atom is -0.488 e. The Morgan fingerprint density at radius 2 is 1.71 bits per heavy atom. The van der Waals surface area contributed by atoms with E-state index in [0.717, 1.165) is 11.1 Å². The van der Waals surface area contributed by atoms with E-state index in [1.165, 1.54) is 4.90 Å². The number of rotatable bonds is 7. The molecule has 1 fully saturated rings. The molecule has 10 heteroatoms. The lowest BCUT2D eigenvalue weighted by Gasteiger charge is -2.33. The minimum atomic E-state index is -1.01. The third-order valence-electron chi connectivity index (χ3n) is 7.86. The third kappa shape index (κ3) is 7.36. The standard InChI is InChI=1S/C32H41N5O5/c1-20(2)27(35-29(38)21(3)36(4)5)32(41)37-18-16-26-28(37)31(40)34-25(19-23-9-7-6-8-10-23)30(39)33-17-15-22-11-13-24(42-26)14-12-22/h6-15,17,20-21,25-28H,16,18-19H2,1-5H3,(H,33,39)(H,34,40)(H,35,38)/t21-,25-,26+,27-,28-/m0/s1. The molecule has 0 radical (unpaired) electrons. The average Bonchev–Trinajstić information content (AvgIpc) is 3.39. The van der Waals surface area contributed by atoms with Gasteiger partial charge >= 0.3 is 0 Å². The summed E-state index contributed by atoms with van der Waals surface area (Å²) in [5.74, 6) is -1.17. The summed E-state index contributed by atoms with van der Waals surface area (Å²) in [6.45, 7) is 5.74. The molecule has 0 saturated carbocycles. The van der Waals surface area contributed by atoms with Crippen LogP contribution < -0.4 is 20.7 Å². The topological polar surface area (TPSA) is 120 Å². The van der Waals surface area contributed by atoms with Crippen molar-refractivity contribution in [2.75, 3.05) is 20.6 Å². The van der Waals surface area contributed by atoms with Gasteiger partial charge in [0.2, 0.25) is 23.6 Å². The molecule has 5 rings (SSSR count). The molecule has 10 nitrogen and oxygen atoms in total. The van der Waals surface area contributed by atoms with Crippen molar-refractivity contribution in [1.82, 2.24) is 25.8 Å². The van der Waals surface area contributed by atoms with Crippen LogP contribution in [0.15, 0.2) is 60.8 Å². The summed E-state index contributed by atoms with van der Waals surface area (Å²) in [5, 5.41) is 8.59. The first-order valence-electron chi connectivity index (χ1n) is 14.4. The van der Waals surface area contributed by atoms with E-state index in [9.17, 15) is 19.2 Å². The van der Waals surface area contributed by atoms with Crippen molar-refractivity contribution in [1.29, 1.82) is 0 Å². The molecule has 0 unspecified atom stereocenters. The first-order chi connectivity index (χ1) is 20.0. The van der Waals surface area contributed by atoms with Crippen LogP contribution in [-0.4, -0.2) is 84.3 Å². The number of nitrogens with one attached hydrogen (secondary N) is 3. The number of likely N-dealkylation sites (N-methyl/N-ethyl adjacent to an activating group) is 1. The Bertz CT molecular complexity index is 1290. The number of amides is 4. The lowest BCUT2D eigenvalue weighted by molar-refractivity contribution is -0.144. The molecule has 3 heterocycles. The quantitative estimate of drug-likeness (QED) is 0.464. The predicted molar refractivity (Wildman–Crippen MR) is 160 cm³/mol. The van der Waals surface area contributed by atoms with Crippen molar-refractivity contribution >= 4 is 29.7 Å². The Kier molecular flexibility index (Phi) is 10.0. The average molecular weight is 576 g/mol. The van der Waals surface area contributed by atoms with Crippen LogP contribution >= 0.6 is 0 Å². The molecule has 4 amide bonds. The van der Waals surface area contributed by atoms with E-state index in [2.05, 4.69) is 16.0 Å². The molecule has 3 aliphatic rings. The molecule has 3 aliphatic heterocycles. The third-order valence-corrected chi connectivity index (χ3v) is 7.86. The van der Waals surface area contributed by atoms with E-state index in [-0.39, 0.29) is 36.6 Å². The smallest absolute Gasteiger partial charge is 0.247 e. The van der Waals surface area contributed by atoms with Crippen LogP contribution in [-0.2, 0) is 25.6 Å². The molecular formula is C32H41N5O5. The monoisotopic (exact) mass is 575 g/mol. The second-order valence-electron chi connectivity index (χ2n) is 11.5. The maximum atomic E-state index is 14.0. The van der Waals surface area contributed by atoms with E-state index < -0.39 is 36.2 Å². The van der Waals surface area contributed by atoms with Crippen molar-refractivity contribution in [2.45, 2.75) is 63.9 Å². The summed E-state index contributed by atoms with van der Waals surface area (Å²) in [6.07, 6.45) is 3.34. The number of benzene rings is 2. The Morgan fingerprint density at radius 3 is 2.36 bits per heavy atom. The van der Waals surface area contributed by atoms with E-state index in [4.69, 9.17) is 4.74 Å². The van der Waals surface area contributed by atoms with Crippen molar-refractivity contribution in [3.63, 3.8) is 0 Å². The normalized spacial score (nSPS) is 22.1. The summed E-state index contributed by atoms with van der Waals surface area (Å²) in [7, 11) is 3.59. The largest absolute Gasteiger partial charge is 0.488 e. The molecular weight excluding hydrogens is 534 g/mol. The number of fused-ring (bicyclic) bond motifs is 7. The number of hydrogen-bond donors (Lipinski definition) is 3. The molecule has 224 valence electrons. The highest BCUT2D eigenvalue weighted by molar-refractivity contribution is 5.96. The Morgan fingerprint density at radius 1 is 1.02 bits per heavy atom. The summed E-state index contributed by atoms with van der Waals surface area (Å²) in [6, 6.07) is 13.5. The van der Waals surface area contributed by atoms with Gasteiger partial charge < -0.3 is 25.6 Å². The van der Waals surface area contributed by atoms with Crippen LogP contribution in [0.5, 0.6) is 5.75 Å². The number of carbonyl (C=O) groups excluding carboxylic acids is 4. The number of hydrogen-bond acceptors (Lipinski definition) is 6. The SMILES string of the molecule is CC(C)[C@H](NC(=O)[C@H](C)N(C)C)C(=O)N1CC[C@H]2Oc3ccc(cc3)C=CNC(=O)[C@H](Cc3ccccc3)NC(=O)[C@H]21. The van der Waals surface area contributed by atoms with Gasteiger partial charge in [0.15, 0.2) is 0 Å². The van der Waals surface area contributed by atoms with Gasteiger partial charge in [0, 0.05) is 25.6 Å². The molecule has 2 aromatic rings. The van der Waals surface area contributed by atoms with Gasteiger partial charge in [-0.2, -0.15) is 0 Å². The van der Waals surface area contributed by atoms with Crippen LogP contribution in [0.25, 0.3) is 6.08 Å². The van der Waals surface area contributed by atoms with Gasteiger partial charge in [-0.05, 0) is 56.3 Å². The second-order valence-corrected chi connectivity index (χ2v) is 11.5. The maximum Gasteiger partial charge on any atom is 0.247 e. The highest BCUT2D eigenvalue weighted by Crippen LogP contribution is 2.27. The van der Waals surface area contributed by atoms with Crippen LogP contribution in [0.4, 0.5) is 0 Å². The van der Waals surface area contributed by atoms with E-state index in [1.807, 2.05) is 56.3 Å². The fraction of sp³-hybridized carbons (Fsp3) is 0.438. The number of ether oxygens (including phenoxy) is 1. The van der Waals surface area contributed by atoms with Crippen LogP contribution in [0.2, 0.25) is 0 Å². The fourth-order valence-corrected chi connectivity index (χ4v) is 5.11. The molecule has 2 bridgehead atoms. The second kappa shape index (κ2) is 13.7. The molecule has 3 N–H and O–H groups in total. The van der Waals surface area contributed by atoms with Gasteiger partial charge in [-0.1, -0.05) is 56.3 Å². The fourth-order valence-electron chi connectivity index (χ4n) is 5.11. The Hall–Kier alpha value is -4.18. The van der Waals surface area contributed by atoms with Gasteiger partial charge in [-0.15, -0.1) is 0 Å². The molecule has 2 aromatic carbocycles. The van der Waals surface area contributed by atoms with Crippen molar-refractivity contribution in [2.24, 2.45) is 5.92 Å². The lowest BCUT2D eigenvalue weighted by Crippen LogP contribution is -2.60. The molecule has 42 heavy (non-hydrogen) atoms. The molecule has 0 aliphatic carbocycles. The van der Waals surface area contributed by atoms with E-state index in [0.29, 0.717) is 12.2 Å². The van der Waals surface area contributed by atoms with Crippen LogP contribution in [0.1, 0.15) is 38.3 Å². The Balaban J connectivity index is 1.66. The van der Waals surface area contributed by atoms with Crippen molar-refractivity contribution < 1.29 is 23.9 Å². The summed E-state index contributed by atoms with van der Waals surface area (Å²) < 4.78 is 6.28. The van der Waals surface area contributed by atoms with E-state index in [1.54, 1.807) is 50.3 Å². The van der Waals surface area contributed by atoms with E-state index >= 15 is 0 Å². The van der Waals surface area contributed by atoms with Crippen LogP contribution in [0, 0.1) is 5.92 Å². The lowest BCUT2D eigenvalue weighted by atomic mass is 10.0. The number of carbonyl (C=O) groups is 4. The summed E-state index contributed by atoms with van der Waals surface area (Å²) in [5.41, 5.74) is 1.74. The summed E-state index contributed by atoms with van der Waals surface area (Å²) >= 11 is 0. The van der Waals surface area contributed by atoms with Gasteiger partial charge in [0.25, 0.3) is 0 Å². The molecule has 1 saturated heterocycles. The predicted octanol–water partition coefficient (Wildman–Crippen LogP) is 1.95. The number of likely N-dealkylation sites (tertiary alicyclic amines) is 1. The minimum absolute atomic E-state index is 0.228. The van der Waals surface area contributed by atoms with Gasteiger partial charge in [0.1, 0.15) is 30.0 Å². The molecule has 0 aromatic heterocycles. The highest BCUT2D eigenvalue weighted by Gasteiger charge is 2.46. The van der Waals surface area contributed by atoms with Crippen molar-refractivity contribution in [3.8, 4) is 5.75 Å². The Labute approximate surface area is 247 Å². The molecule has 0 spiro atoms. The zero-order valence-electron chi connectivity index (χ0n) is 24.9. The first kappa shape index (κ1) is 30.8. The first-order valence-corrected chi connectivity index (χ1v) is 14.4. The number of nitrogens with zero attached hydrogens (tertiary/aromatic N) is 2. The highest BCUT2D eigenvalue weighted by atomic mass is 16.5. The maximum absolute atomic E-state index is 14.0. The summed E-state index contributed by atoms with van der Waals surface area (Å²) in [4.78, 5) is 57.5. The zero-order valence-corrected chi connectivity index (χ0v) is 24.9. The van der Waals surface area contributed by atoms with Crippen molar-refractivity contribution in [3.05, 3.63) is 71.9 Å². The van der Waals surface area contributed by atoms with Gasteiger partial charge in [-0.3, -0.25) is 24.1 Å². The van der Waals surface area contributed by atoms with Gasteiger partial charge in [-0.25, -0.2) is 0 Å². The van der Waals surface area contributed by atoms with Crippen LogP contribution in [0.3, 0.4) is 0 Å². The van der Waals surface area contributed by atoms with Gasteiger partial charge in [0.05, 0.1) is 6.04 Å². The molecule has 5 atom stereocenters. The zero-order chi connectivity index (χ0) is 30.4.